The van der Waals surface area contributed by atoms with Gasteiger partial charge in [0, 0.05) is 22.4 Å². The second-order valence-corrected chi connectivity index (χ2v) is 7.93. The van der Waals surface area contributed by atoms with E-state index in [4.69, 9.17) is 5.73 Å². The van der Waals surface area contributed by atoms with Crippen molar-refractivity contribution in [3.8, 4) is 0 Å². The summed E-state index contributed by atoms with van der Waals surface area (Å²) in [6, 6.07) is 8.60. The first-order valence-corrected chi connectivity index (χ1v) is 8.97. The molecule has 1 saturated heterocycles. The number of hydrogen-bond donors (Lipinski definition) is 2. The Morgan fingerprint density at radius 2 is 2.25 bits per heavy atom. The van der Waals surface area contributed by atoms with E-state index in [1.54, 1.807) is 0 Å². The zero-order valence-corrected chi connectivity index (χ0v) is 13.7. The molecule has 1 amide bonds. The van der Waals surface area contributed by atoms with Crippen LogP contribution in [0.15, 0.2) is 29.2 Å². The molecule has 1 aliphatic rings. The largest absolute Gasteiger partial charge is 0.380 e. The molecule has 0 radical (unpaired) electrons. The van der Waals surface area contributed by atoms with E-state index in [0.717, 1.165) is 16.3 Å². The minimum absolute atomic E-state index is 0.279. The topological polar surface area (TPSA) is 55.1 Å². The highest BCUT2D eigenvalue weighted by molar-refractivity contribution is 8.00. The first-order chi connectivity index (χ1) is 9.49. The van der Waals surface area contributed by atoms with Crippen molar-refractivity contribution in [3.05, 3.63) is 24.3 Å². The molecule has 1 aliphatic heterocycles. The van der Waals surface area contributed by atoms with Gasteiger partial charge in [-0.1, -0.05) is 26.0 Å². The van der Waals surface area contributed by atoms with Gasteiger partial charge < -0.3 is 11.1 Å². The predicted molar refractivity (Wildman–Crippen MR) is 89.5 cm³/mol. The van der Waals surface area contributed by atoms with E-state index in [0.29, 0.717) is 17.2 Å². The SMILES string of the molecule is CC1(C)CCSCC1Nc1ccccc1SCC(N)=O. The number of thioether (sulfide) groups is 2. The van der Waals surface area contributed by atoms with Crippen molar-refractivity contribution in [3.63, 3.8) is 0 Å². The van der Waals surface area contributed by atoms with Crippen molar-refractivity contribution in [1.29, 1.82) is 0 Å². The summed E-state index contributed by atoms with van der Waals surface area (Å²) in [7, 11) is 0. The molecule has 0 aliphatic carbocycles. The predicted octanol–water partition coefficient (Wildman–Crippen LogP) is 3.21. The van der Waals surface area contributed by atoms with Crippen molar-refractivity contribution in [2.24, 2.45) is 11.1 Å². The molecule has 2 rings (SSSR count). The molecule has 110 valence electrons. The van der Waals surface area contributed by atoms with Crippen LogP contribution in [0.5, 0.6) is 0 Å². The van der Waals surface area contributed by atoms with Crippen LogP contribution in [-0.2, 0) is 4.79 Å². The Bertz CT molecular complexity index is 477. The van der Waals surface area contributed by atoms with Gasteiger partial charge in [0.05, 0.1) is 5.75 Å². The number of benzene rings is 1. The van der Waals surface area contributed by atoms with Crippen molar-refractivity contribution in [2.45, 2.75) is 31.2 Å². The van der Waals surface area contributed by atoms with Gasteiger partial charge in [0.15, 0.2) is 0 Å². The molecule has 5 heteroatoms. The molecular formula is C15H22N2OS2. The van der Waals surface area contributed by atoms with Crippen LogP contribution in [0, 0.1) is 5.41 Å². The van der Waals surface area contributed by atoms with Gasteiger partial charge in [0.1, 0.15) is 0 Å². The van der Waals surface area contributed by atoms with Crippen LogP contribution in [0.3, 0.4) is 0 Å². The fourth-order valence-electron chi connectivity index (χ4n) is 2.22. The zero-order chi connectivity index (χ0) is 14.6. The third kappa shape index (κ3) is 4.09. The molecule has 0 bridgehead atoms. The number of primary amides is 1. The number of hydrogen-bond acceptors (Lipinski definition) is 4. The van der Waals surface area contributed by atoms with Gasteiger partial charge in [-0.25, -0.2) is 0 Å². The Balaban J connectivity index is 2.10. The van der Waals surface area contributed by atoms with E-state index >= 15 is 0 Å². The van der Waals surface area contributed by atoms with Crippen LogP contribution in [0.25, 0.3) is 0 Å². The summed E-state index contributed by atoms with van der Waals surface area (Å²) in [5.41, 5.74) is 6.64. The number of anilines is 1. The standard InChI is InChI=1S/C15H22N2OS2/c1-15(2)7-8-19-9-13(15)17-11-5-3-4-6-12(11)20-10-14(16)18/h3-6,13,17H,7-10H2,1-2H3,(H2,16,18). The number of nitrogens with one attached hydrogen (secondary N) is 1. The summed E-state index contributed by atoms with van der Waals surface area (Å²) in [5, 5.41) is 3.67. The monoisotopic (exact) mass is 310 g/mol. The maximum absolute atomic E-state index is 11.0. The van der Waals surface area contributed by atoms with Gasteiger partial charge in [-0.2, -0.15) is 11.8 Å². The summed E-state index contributed by atoms with van der Waals surface area (Å²) in [6.07, 6.45) is 1.23. The maximum Gasteiger partial charge on any atom is 0.227 e. The molecule has 1 aromatic rings. The lowest BCUT2D eigenvalue weighted by atomic mass is 9.82. The average molecular weight is 310 g/mol. The third-order valence-corrected chi connectivity index (χ3v) is 5.86. The van der Waals surface area contributed by atoms with Crippen LogP contribution in [-0.4, -0.2) is 29.2 Å². The number of carbonyl (C=O) groups is 1. The van der Waals surface area contributed by atoms with Crippen molar-refractivity contribution in [1.82, 2.24) is 0 Å². The van der Waals surface area contributed by atoms with Crippen molar-refractivity contribution >= 4 is 35.1 Å². The minimum atomic E-state index is -0.279. The van der Waals surface area contributed by atoms with Gasteiger partial charge >= 0.3 is 0 Å². The lowest BCUT2D eigenvalue weighted by Crippen LogP contribution is -2.41. The number of nitrogens with two attached hydrogens (primary N) is 1. The zero-order valence-electron chi connectivity index (χ0n) is 12.0. The Hall–Kier alpha value is -0.810. The Morgan fingerprint density at radius 3 is 2.95 bits per heavy atom. The van der Waals surface area contributed by atoms with Gasteiger partial charge in [-0.15, -0.1) is 11.8 Å². The van der Waals surface area contributed by atoms with E-state index in [9.17, 15) is 4.79 Å². The second kappa shape index (κ2) is 6.76. The van der Waals surface area contributed by atoms with E-state index < -0.39 is 0 Å². The van der Waals surface area contributed by atoms with Crippen LogP contribution >= 0.6 is 23.5 Å². The van der Waals surface area contributed by atoms with Gasteiger partial charge in [0.25, 0.3) is 0 Å². The van der Waals surface area contributed by atoms with E-state index in [2.05, 4.69) is 25.2 Å². The van der Waals surface area contributed by atoms with E-state index in [1.165, 1.54) is 23.9 Å². The summed E-state index contributed by atoms with van der Waals surface area (Å²) >= 11 is 3.51. The van der Waals surface area contributed by atoms with Crippen LogP contribution < -0.4 is 11.1 Å². The van der Waals surface area contributed by atoms with E-state index in [1.807, 2.05) is 30.0 Å². The van der Waals surface area contributed by atoms with Crippen LogP contribution in [0.4, 0.5) is 5.69 Å². The summed E-state index contributed by atoms with van der Waals surface area (Å²) < 4.78 is 0. The molecule has 1 fully saturated rings. The molecule has 1 heterocycles. The Labute approximate surface area is 129 Å². The fraction of sp³-hybridized carbons (Fsp3) is 0.533. The van der Waals surface area contributed by atoms with Crippen molar-refractivity contribution < 1.29 is 4.79 Å². The number of para-hydroxylation sites is 1. The van der Waals surface area contributed by atoms with Gasteiger partial charge in [0.2, 0.25) is 5.91 Å². The van der Waals surface area contributed by atoms with Gasteiger partial charge in [-0.3, -0.25) is 4.79 Å². The lowest BCUT2D eigenvalue weighted by Gasteiger charge is -2.39. The molecule has 1 unspecified atom stereocenters. The second-order valence-electron chi connectivity index (χ2n) is 5.76. The highest BCUT2D eigenvalue weighted by Crippen LogP contribution is 2.37. The van der Waals surface area contributed by atoms with E-state index in [-0.39, 0.29) is 5.91 Å². The smallest absolute Gasteiger partial charge is 0.227 e. The quantitative estimate of drug-likeness (QED) is 0.820. The average Bonchev–Trinajstić information content (AvgIpc) is 2.40. The molecular weight excluding hydrogens is 288 g/mol. The van der Waals surface area contributed by atoms with Crippen LogP contribution in [0.2, 0.25) is 0 Å². The molecule has 3 N–H and O–H groups in total. The van der Waals surface area contributed by atoms with Crippen LogP contribution in [0.1, 0.15) is 20.3 Å². The minimum Gasteiger partial charge on any atom is -0.380 e. The molecule has 1 atom stereocenters. The summed E-state index contributed by atoms with van der Waals surface area (Å²) in [6.45, 7) is 4.65. The molecule has 0 spiro atoms. The first kappa shape index (κ1) is 15.6. The molecule has 0 aromatic heterocycles. The highest BCUT2D eigenvalue weighted by Gasteiger charge is 2.32. The Morgan fingerprint density at radius 1 is 1.50 bits per heavy atom. The molecule has 3 nitrogen and oxygen atoms in total. The Kier molecular flexibility index (Phi) is 5.27. The normalized spacial score (nSPS) is 21.4. The highest BCUT2D eigenvalue weighted by atomic mass is 32.2. The van der Waals surface area contributed by atoms with Crippen molar-refractivity contribution in [2.75, 3.05) is 22.6 Å². The summed E-state index contributed by atoms with van der Waals surface area (Å²) in [4.78, 5) is 12.0. The maximum atomic E-state index is 11.0. The van der Waals surface area contributed by atoms with Gasteiger partial charge in [-0.05, 0) is 29.7 Å². The molecule has 0 saturated carbocycles. The molecule has 20 heavy (non-hydrogen) atoms. The summed E-state index contributed by atoms with van der Waals surface area (Å²) in [5.74, 6) is 2.41. The first-order valence-electron chi connectivity index (χ1n) is 6.83. The number of rotatable bonds is 5. The molecule has 1 aromatic carbocycles. The fourth-order valence-corrected chi connectivity index (χ4v) is 4.58. The third-order valence-electron chi connectivity index (χ3n) is 3.71. The number of amides is 1. The number of carbonyl (C=O) groups excluding carboxylic acids is 1. The lowest BCUT2D eigenvalue weighted by molar-refractivity contribution is -0.115.